The number of nitro benzene ring substituents is 1. The minimum absolute atomic E-state index is 0.0312. The van der Waals surface area contributed by atoms with Gasteiger partial charge in [0.1, 0.15) is 11.6 Å². The molecule has 1 aromatic carbocycles. The van der Waals surface area contributed by atoms with Crippen LogP contribution in [-0.2, 0) is 11.3 Å². The molecule has 1 fully saturated rings. The zero-order chi connectivity index (χ0) is 24.4. The van der Waals surface area contributed by atoms with Crippen LogP contribution in [0.3, 0.4) is 0 Å². The van der Waals surface area contributed by atoms with E-state index in [1.165, 1.54) is 19.2 Å². The lowest BCUT2D eigenvalue weighted by Crippen LogP contribution is -2.38. The van der Waals surface area contributed by atoms with E-state index in [-0.39, 0.29) is 28.6 Å². The van der Waals surface area contributed by atoms with Crippen LogP contribution in [0.15, 0.2) is 35.1 Å². The zero-order valence-corrected chi connectivity index (χ0v) is 19.2. The second-order valence-corrected chi connectivity index (χ2v) is 8.30. The number of carbonyl (C=O) groups is 2. The molecular formula is C23H25N5O6. The first-order valence-corrected chi connectivity index (χ1v) is 10.9. The molecule has 0 N–H and O–H groups in total. The smallest absolute Gasteiger partial charge is 0.338 e. The molecule has 0 aliphatic carbocycles. The van der Waals surface area contributed by atoms with Gasteiger partial charge in [-0.25, -0.2) is 9.78 Å². The van der Waals surface area contributed by atoms with Crippen molar-refractivity contribution in [3.8, 4) is 0 Å². The highest BCUT2D eigenvalue weighted by Gasteiger charge is 2.29. The Hall–Kier alpha value is -4.02. The maximum absolute atomic E-state index is 13.1. The van der Waals surface area contributed by atoms with E-state index in [0.29, 0.717) is 32.5 Å². The summed E-state index contributed by atoms with van der Waals surface area (Å²) in [4.78, 5) is 41.9. The number of benzene rings is 1. The molecule has 11 heteroatoms. The zero-order valence-electron chi connectivity index (χ0n) is 19.2. The highest BCUT2D eigenvalue weighted by Crippen LogP contribution is 2.29. The summed E-state index contributed by atoms with van der Waals surface area (Å²) < 4.78 is 12.0. The van der Waals surface area contributed by atoms with Crippen LogP contribution < -0.4 is 0 Å². The van der Waals surface area contributed by atoms with Crippen LogP contribution in [0.1, 0.15) is 62.3 Å². The summed E-state index contributed by atoms with van der Waals surface area (Å²) in [5.41, 5.74) is 1.60. The van der Waals surface area contributed by atoms with E-state index in [4.69, 9.17) is 4.52 Å². The van der Waals surface area contributed by atoms with Crippen molar-refractivity contribution in [2.75, 3.05) is 20.2 Å². The Morgan fingerprint density at radius 2 is 1.91 bits per heavy atom. The second kappa shape index (κ2) is 9.46. The van der Waals surface area contributed by atoms with Crippen LogP contribution in [0.25, 0.3) is 0 Å². The van der Waals surface area contributed by atoms with Crippen molar-refractivity contribution in [1.82, 2.24) is 19.6 Å². The number of likely N-dealkylation sites (tertiary alicyclic amines) is 1. The topological polar surface area (TPSA) is 134 Å². The number of hydrogen-bond acceptors (Lipinski definition) is 8. The molecule has 3 aromatic rings. The number of aromatic nitrogens is 3. The summed E-state index contributed by atoms with van der Waals surface area (Å²) in [6.45, 7) is 5.34. The van der Waals surface area contributed by atoms with Crippen molar-refractivity contribution < 1.29 is 23.8 Å². The number of nitro groups is 1. The Morgan fingerprint density at radius 1 is 1.21 bits per heavy atom. The number of esters is 1. The summed E-state index contributed by atoms with van der Waals surface area (Å²) >= 11 is 0. The predicted octanol–water partition coefficient (Wildman–Crippen LogP) is 3.25. The summed E-state index contributed by atoms with van der Waals surface area (Å²) in [5, 5.41) is 15.3. The SMILES string of the molecule is COC(=O)c1cc(C(=O)N2CCC(c3nccn3Cc3c(C)noc3C)CC2)cc([N+](=O)[O-])c1. The van der Waals surface area contributed by atoms with Gasteiger partial charge in [0.05, 0.1) is 29.8 Å². The number of carbonyl (C=O) groups excluding carboxylic acids is 2. The van der Waals surface area contributed by atoms with Crippen LogP contribution in [0.2, 0.25) is 0 Å². The Kier molecular flexibility index (Phi) is 6.44. The normalized spacial score (nSPS) is 14.3. The Morgan fingerprint density at radius 3 is 2.53 bits per heavy atom. The van der Waals surface area contributed by atoms with Crippen molar-refractivity contribution in [2.24, 2.45) is 0 Å². The van der Waals surface area contributed by atoms with Gasteiger partial charge in [0.25, 0.3) is 11.6 Å². The predicted molar refractivity (Wildman–Crippen MR) is 120 cm³/mol. The Balaban J connectivity index is 1.47. The number of nitrogens with zero attached hydrogens (tertiary/aromatic N) is 5. The quantitative estimate of drug-likeness (QED) is 0.306. The van der Waals surface area contributed by atoms with Crippen molar-refractivity contribution >= 4 is 17.6 Å². The Labute approximate surface area is 195 Å². The lowest BCUT2D eigenvalue weighted by molar-refractivity contribution is -0.384. The maximum Gasteiger partial charge on any atom is 0.338 e. The summed E-state index contributed by atoms with van der Waals surface area (Å²) in [6, 6.07) is 3.63. The van der Waals surface area contributed by atoms with E-state index < -0.39 is 10.9 Å². The van der Waals surface area contributed by atoms with E-state index in [9.17, 15) is 19.7 Å². The molecule has 0 bridgehead atoms. The average Bonchev–Trinajstić information content (AvgIpc) is 3.44. The number of rotatable bonds is 6. The lowest BCUT2D eigenvalue weighted by atomic mass is 9.95. The third-order valence-corrected chi connectivity index (χ3v) is 6.20. The van der Waals surface area contributed by atoms with Crippen molar-refractivity contribution in [3.63, 3.8) is 0 Å². The van der Waals surface area contributed by atoms with Crippen LogP contribution in [0.4, 0.5) is 5.69 Å². The molecule has 0 spiro atoms. The third-order valence-electron chi connectivity index (χ3n) is 6.20. The molecule has 0 atom stereocenters. The minimum Gasteiger partial charge on any atom is -0.465 e. The molecule has 1 saturated heterocycles. The van der Waals surface area contributed by atoms with Gasteiger partial charge in [0.2, 0.25) is 0 Å². The van der Waals surface area contributed by atoms with Crippen LogP contribution in [-0.4, -0.2) is 56.6 Å². The molecule has 1 aliphatic rings. The number of hydrogen-bond donors (Lipinski definition) is 0. The number of imidazole rings is 1. The van der Waals surface area contributed by atoms with E-state index in [1.54, 1.807) is 11.1 Å². The molecule has 0 radical (unpaired) electrons. The molecule has 4 rings (SSSR count). The summed E-state index contributed by atoms with van der Waals surface area (Å²) in [6.07, 6.45) is 5.09. The van der Waals surface area contributed by atoms with Gasteiger partial charge in [-0.3, -0.25) is 14.9 Å². The fourth-order valence-corrected chi connectivity index (χ4v) is 4.31. The number of non-ortho nitro benzene ring substituents is 1. The van der Waals surface area contributed by atoms with Gasteiger partial charge in [-0.2, -0.15) is 0 Å². The van der Waals surface area contributed by atoms with Gasteiger partial charge in [0.15, 0.2) is 0 Å². The second-order valence-electron chi connectivity index (χ2n) is 8.30. The molecule has 178 valence electrons. The third kappa shape index (κ3) is 4.54. The number of methoxy groups -OCH3 is 1. The molecular weight excluding hydrogens is 442 g/mol. The number of piperidine rings is 1. The van der Waals surface area contributed by atoms with Crippen LogP contribution in [0, 0.1) is 24.0 Å². The molecule has 1 aliphatic heterocycles. The van der Waals surface area contributed by atoms with Crippen LogP contribution >= 0.6 is 0 Å². The molecule has 0 unspecified atom stereocenters. The fraction of sp³-hybridized carbons (Fsp3) is 0.391. The first kappa shape index (κ1) is 23.1. The van der Waals surface area contributed by atoms with Crippen molar-refractivity contribution in [1.29, 1.82) is 0 Å². The first-order valence-electron chi connectivity index (χ1n) is 10.9. The minimum atomic E-state index is -0.735. The van der Waals surface area contributed by atoms with E-state index in [1.807, 2.05) is 20.0 Å². The standard InChI is InChI=1S/C23H25N5O6/c1-14-20(15(2)34-25-14)13-27-9-6-24-21(27)16-4-7-26(8-5-16)22(29)17-10-18(23(30)33-3)12-19(11-17)28(31)32/h6,9-12,16H,4-5,7-8,13H2,1-3H3. The molecule has 11 nitrogen and oxygen atoms in total. The molecule has 0 saturated carbocycles. The van der Waals surface area contributed by atoms with E-state index in [0.717, 1.165) is 28.9 Å². The van der Waals surface area contributed by atoms with Gasteiger partial charge in [0, 0.05) is 54.7 Å². The van der Waals surface area contributed by atoms with Crippen molar-refractivity contribution in [3.05, 3.63) is 74.7 Å². The lowest BCUT2D eigenvalue weighted by Gasteiger charge is -2.32. The molecule has 3 heterocycles. The number of ether oxygens (including phenoxy) is 1. The fourth-order valence-electron chi connectivity index (χ4n) is 4.31. The van der Waals surface area contributed by atoms with Crippen molar-refractivity contribution in [2.45, 2.75) is 39.2 Å². The molecule has 2 aromatic heterocycles. The van der Waals surface area contributed by atoms with E-state index in [2.05, 4.69) is 19.4 Å². The Bertz CT molecular complexity index is 1220. The highest BCUT2D eigenvalue weighted by atomic mass is 16.6. The number of aryl methyl sites for hydroxylation is 2. The van der Waals surface area contributed by atoms with Crippen LogP contribution in [0.5, 0.6) is 0 Å². The van der Waals surface area contributed by atoms with Gasteiger partial charge in [-0.1, -0.05) is 5.16 Å². The van der Waals surface area contributed by atoms with Gasteiger partial charge < -0.3 is 18.7 Å². The average molecular weight is 467 g/mol. The molecule has 1 amide bonds. The monoisotopic (exact) mass is 467 g/mol. The van der Waals surface area contributed by atoms with E-state index >= 15 is 0 Å². The number of amides is 1. The summed E-state index contributed by atoms with van der Waals surface area (Å²) in [7, 11) is 1.18. The van der Waals surface area contributed by atoms with Gasteiger partial charge >= 0.3 is 5.97 Å². The first-order chi connectivity index (χ1) is 16.3. The summed E-state index contributed by atoms with van der Waals surface area (Å²) in [5.74, 6) is 0.791. The largest absolute Gasteiger partial charge is 0.465 e. The highest BCUT2D eigenvalue weighted by molar-refractivity contribution is 5.99. The van der Waals surface area contributed by atoms with Gasteiger partial charge in [-0.15, -0.1) is 0 Å². The maximum atomic E-state index is 13.1. The molecule has 34 heavy (non-hydrogen) atoms. The van der Waals surface area contributed by atoms with Gasteiger partial charge in [-0.05, 0) is 32.8 Å².